The van der Waals surface area contributed by atoms with Crippen LogP contribution >= 0.6 is 0 Å². The van der Waals surface area contributed by atoms with Gasteiger partial charge in [-0.15, -0.1) is 10.2 Å². The second-order valence-corrected chi connectivity index (χ2v) is 6.19. The van der Waals surface area contributed by atoms with Gasteiger partial charge in [0, 0.05) is 24.1 Å². The third kappa shape index (κ3) is 4.12. The van der Waals surface area contributed by atoms with Gasteiger partial charge in [0.2, 0.25) is 17.7 Å². The summed E-state index contributed by atoms with van der Waals surface area (Å²) in [5, 5.41) is 11.0. The molecule has 3 aromatic rings. The van der Waals surface area contributed by atoms with Gasteiger partial charge in [-0.1, -0.05) is 35.9 Å². The highest BCUT2D eigenvalue weighted by Crippen LogP contribution is 2.22. The number of hydrogen-bond donors (Lipinski definition) is 1. The number of carbonyl (C=O) groups is 1. The van der Waals surface area contributed by atoms with Gasteiger partial charge in [0.05, 0.1) is 0 Å². The van der Waals surface area contributed by atoms with Crippen LogP contribution in [0, 0.1) is 20.8 Å². The highest BCUT2D eigenvalue weighted by molar-refractivity contribution is 5.92. The van der Waals surface area contributed by atoms with Crippen LogP contribution in [0.15, 0.2) is 46.9 Å². The summed E-state index contributed by atoms with van der Waals surface area (Å²) in [5.74, 6) is 0.877. The number of nitrogens with one attached hydrogen (secondary N) is 1. The maximum absolute atomic E-state index is 12.3. The summed E-state index contributed by atoms with van der Waals surface area (Å²) in [7, 11) is 0. The molecule has 5 heteroatoms. The molecule has 5 nitrogen and oxygen atoms in total. The topological polar surface area (TPSA) is 68.0 Å². The number of hydrogen-bond acceptors (Lipinski definition) is 4. The Bertz CT molecular complexity index is 862. The largest absolute Gasteiger partial charge is 0.421 e. The van der Waals surface area contributed by atoms with Crippen LogP contribution in [0.4, 0.5) is 5.69 Å². The fourth-order valence-electron chi connectivity index (χ4n) is 2.85. The van der Waals surface area contributed by atoms with Gasteiger partial charge in [-0.2, -0.15) is 0 Å². The summed E-state index contributed by atoms with van der Waals surface area (Å²) in [6.07, 6.45) is 0.707. The first-order valence-corrected chi connectivity index (χ1v) is 8.28. The lowest BCUT2D eigenvalue weighted by Gasteiger charge is -2.12. The van der Waals surface area contributed by atoms with Crippen molar-refractivity contribution in [3.63, 3.8) is 0 Å². The molecule has 1 heterocycles. The molecule has 0 unspecified atom stereocenters. The molecule has 0 saturated heterocycles. The molecule has 128 valence electrons. The number of benzene rings is 2. The molecule has 0 aliphatic carbocycles. The van der Waals surface area contributed by atoms with Crippen LogP contribution < -0.4 is 5.32 Å². The summed E-state index contributed by atoms with van der Waals surface area (Å²) in [5.41, 5.74) is 5.07. The summed E-state index contributed by atoms with van der Waals surface area (Å²) in [6, 6.07) is 13.7. The van der Waals surface area contributed by atoms with Crippen LogP contribution in [0.25, 0.3) is 11.5 Å². The molecule has 0 spiro atoms. The molecular weight excluding hydrogens is 314 g/mol. The fraction of sp³-hybridized carbons (Fsp3) is 0.250. The molecule has 0 atom stereocenters. The standard InChI is InChI=1S/C20H21N3O2/c1-13-11-14(2)19(15(3)12-13)21-17(24)9-10-18-22-23-20(25-18)16-7-5-4-6-8-16/h4-8,11-12H,9-10H2,1-3H3,(H,21,24). The molecule has 25 heavy (non-hydrogen) atoms. The Hall–Kier alpha value is -2.95. The highest BCUT2D eigenvalue weighted by Gasteiger charge is 2.12. The monoisotopic (exact) mass is 335 g/mol. The van der Waals surface area contributed by atoms with E-state index in [9.17, 15) is 4.79 Å². The predicted octanol–water partition coefficient (Wildman–Crippen LogP) is 4.23. The quantitative estimate of drug-likeness (QED) is 0.757. The number of nitrogens with zero attached hydrogens (tertiary/aromatic N) is 2. The van der Waals surface area contributed by atoms with E-state index in [0.717, 1.165) is 22.4 Å². The van der Waals surface area contributed by atoms with E-state index in [1.807, 2.05) is 51.1 Å². The van der Waals surface area contributed by atoms with Crippen LogP contribution in [-0.2, 0) is 11.2 Å². The Labute approximate surface area is 147 Å². The summed E-state index contributed by atoms with van der Waals surface area (Å²) in [4.78, 5) is 12.3. The molecule has 0 bridgehead atoms. The maximum atomic E-state index is 12.3. The number of amides is 1. The molecule has 1 aromatic heterocycles. The van der Waals surface area contributed by atoms with Crippen LogP contribution in [-0.4, -0.2) is 16.1 Å². The Balaban J connectivity index is 1.61. The van der Waals surface area contributed by atoms with Crippen LogP contribution in [0.5, 0.6) is 0 Å². The minimum Gasteiger partial charge on any atom is -0.421 e. The van der Waals surface area contributed by atoms with Crippen LogP contribution in [0.2, 0.25) is 0 Å². The molecule has 0 saturated carbocycles. The Kier molecular flexibility index (Phi) is 4.93. The van der Waals surface area contributed by atoms with E-state index >= 15 is 0 Å². The van der Waals surface area contributed by atoms with Gasteiger partial charge in [-0.3, -0.25) is 4.79 Å². The van der Waals surface area contributed by atoms with E-state index in [1.165, 1.54) is 5.56 Å². The van der Waals surface area contributed by atoms with Crippen LogP contribution in [0.1, 0.15) is 29.0 Å². The average Bonchev–Trinajstić information content (AvgIpc) is 3.06. The Morgan fingerprint density at radius 2 is 1.72 bits per heavy atom. The maximum Gasteiger partial charge on any atom is 0.247 e. The van der Waals surface area contributed by atoms with Crippen molar-refractivity contribution in [1.29, 1.82) is 0 Å². The van der Waals surface area contributed by atoms with Crippen molar-refractivity contribution < 1.29 is 9.21 Å². The van der Waals surface area contributed by atoms with E-state index in [1.54, 1.807) is 0 Å². The number of anilines is 1. The SMILES string of the molecule is Cc1cc(C)c(NC(=O)CCc2nnc(-c3ccccc3)o2)c(C)c1. The van der Waals surface area contributed by atoms with Gasteiger partial charge in [0.25, 0.3) is 0 Å². The molecule has 0 aliphatic rings. The van der Waals surface area contributed by atoms with Gasteiger partial charge >= 0.3 is 0 Å². The Morgan fingerprint density at radius 3 is 2.40 bits per heavy atom. The lowest BCUT2D eigenvalue weighted by Crippen LogP contribution is -2.14. The molecule has 0 fully saturated rings. The molecular formula is C20H21N3O2. The van der Waals surface area contributed by atoms with Crippen molar-refractivity contribution in [2.24, 2.45) is 0 Å². The van der Waals surface area contributed by atoms with E-state index < -0.39 is 0 Å². The first-order chi connectivity index (χ1) is 12.0. The van der Waals surface area contributed by atoms with E-state index in [-0.39, 0.29) is 5.91 Å². The van der Waals surface area contributed by atoms with Crippen molar-refractivity contribution >= 4 is 11.6 Å². The zero-order valence-electron chi connectivity index (χ0n) is 14.7. The second kappa shape index (κ2) is 7.30. The molecule has 2 aromatic carbocycles. The number of rotatable bonds is 5. The normalized spacial score (nSPS) is 10.7. The predicted molar refractivity (Wildman–Crippen MR) is 97.3 cm³/mol. The van der Waals surface area contributed by atoms with E-state index in [4.69, 9.17) is 4.42 Å². The number of carbonyl (C=O) groups excluding carboxylic acids is 1. The lowest BCUT2D eigenvalue weighted by atomic mass is 10.0. The molecule has 0 aliphatic heterocycles. The van der Waals surface area contributed by atoms with Crippen molar-refractivity contribution in [1.82, 2.24) is 10.2 Å². The summed E-state index contributed by atoms with van der Waals surface area (Å²) >= 11 is 0. The van der Waals surface area contributed by atoms with Gasteiger partial charge in [-0.25, -0.2) is 0 Å². The fourth-order valence-corrected chi connectivity index (χ4v) is 2.85. The van der Waals surface area contributed by atoms with Crippen LogP contribution in [0.3, 0.4) is 0 Å². The van der Waals surface area contributed by atoms with Gasteiger partial charge in [-0.05, 0) is 44.0 Å². The summed E-state index contributed by atoms with van der Waals surface area (Å²) < 4.78 is 5.63. The molecule has 1 amide bonds. The van der Waals surface area contributed by atoms with Crippen molar-refractivity contribution in [3.8, 4) is 11.5 Å². The van der Waals surface area contributed by atoms with E-state index in [2.05, 4.69) is 27.6 Å². The average molecular weight is 335 g/mol. The van der Waals surface area contributed by atoms with Gasteiger partial charge in [0.15, 0.2) is 0 Å². The first-order valence-electron chi connectivity index (χ1n) is 8.28. The number of aryl methyl sites for hydroxylation is 4. The molecule has 0 radical (unpaired) electrons. The third-order valence-electron chi connectivity index (χ3n) is 3.99. The van der Waals surface area contributed by atoms with Gasteiger partial charge < -0.3 is 9.73 Å². The number of aromatic nitrogens is 2. The minimum atomic E-state index is -0.0606. The second-order valence-electron chi connectivity index (χ2n) is 6.19. The van der Waals surface area contributed by atoms with E-state index in [0.29, 0.717) is 24.6 Å². The first kappa shape index (κ1) is 16.9. The molecule has 3 rings (SSSR count). The van der Waals surface area contributed by atoms with Crippen molar-refractivity contribution in [3.05, 3.63) is 65.0 Å². The smallest absolute Gasteiger partial charge is 0.247 e. The zero-order chi connectivity index (χ0) is 17.8. The third-order valence-corrected chi connectivity index (χ3v) is 3.99. The zero-order valence-corrected chi connectivity index (χ0v) is 14.7. The molecule has 1 N–H and O–H groups in total. The summed E-state index contributed by atoms with van der Waals surface area (Å²) in [6.45, 7) is 6.05. The highest BCUT2D eigenvalue weighted by atomic mass is 16.4. The minimum absolute atomic E-state index is 0.0606. The van der Waals surface area contributed by atoms with Crippen molar-refractivity contribution in [2.45, 2.75) is 33.6 Å². The Morgan fingerprint density at radius 1 is 1.04 bits per heavy atom. The lowest BCUT2D eigenvalue weighted by molar-refractivity contribution is -0.116. The van der Waals surface area contributed by atoms with Crippen molar-refractivity contribution in [2.75, 3.05) is 5.32 Å². The van der Waals surface area contributed by atoms with Gasteiger partial charge in [0.1, 0.15) is 0 Å².